The van der Waals surface area contributed by atoms with Crippen LogP contribution in [0.2, 0.25) is 0 Å². The van der Waals surface area contributed by atoms with E-state index in [1.54, 1.807) is 6.26 Å². The van der Waals surface area contributed by atoms with Gasteiger partial charge in [-0.3, -0.25) is 9.30 Å². The molecule has 0 bridgehead atoms. The Balaban J connectivity index is 1.36. The molecule has 234 valence electrons. The molecule has 1 aliphatic heterocycles. The molecule has 1 amide bonds. The summed E-state index contributed by atoms with van der Waals surface area (Å²) < 4.78 is 19.4. The minimum Gasteiger partial charge on any atom is -0.469 e. The van der Waals surface area contributed by atoms with Gasteiger partial charge in [0, 0.05) is 50.9 Å². The number of aromatic nitrogens is 3. The van der Waals surface area contributed by atoms with E-state index in [0.717, 1.165) is 80.4 Å². The molecule has 4 heterocycles. The van der Waals surface area contributed by atoms with E-state index in [1.807, 2.05) is 76.2 Å². The van der Waals surface area contributed by atoms with E-state index in [0.29, 0.717) is 43.2 Å². The molecule has 0 aliphatic carbocycles. The van der Waals surface area contributed by atoms with E-state index in [4.69, 9.17) is 23.9 Å². The highest BCUT2D eigenvalue weighted by atomic mass is 16.6. The smallest absolute Gasteiger partial charge is 0.416 e. The largest absolute Gasteiger partial charge is 0.469 e. The number of carbonyl (C=O) groups excluding carboxylic acids is 1. The zero-order valence-corrected chi connectivity index (χ0v) is 25.9. The average molecular weight is 608 g/mol. The van der Waals surface area contributed by atoms with E-state index in [1.165, 1.54) is 0 Å². The van der Waals surface area contributed by atoms with Gasteiger partial charge >= 0.3 is 6.09 Å². The van der Waals surface area contributed by atoms with Gasteiger partial charge < -0.3 is 18.8 Å². The highest BCUT2D eigenvalue weighted by Gasteiger charge is 2.25. The van der Waals surface area contributed by atoms with E-state index in [2.05, 4.69) is 24.0 Å². The van der Waals surface area contributed by atoms with Gasteiger partial charge in [-0.2, -0.15) is 0 Å². The van der Waals surface area contributed by atoms with Crippen molar-refractivity contribution in [3.8, 4) is 17.1 Å². The number of fused-ring (bicyclic) bond motifs is 1. The molecular weight excluding hydrogens is 566 g/mol. The molecule has 45 heavy (non-hydrogen) atoms. The molecular formula is C36H41N5O4. The van der Waals surface area contributed by atoms with Crippen LogP contribution in [0.4, 0.5) is 4.79 Å². The van der Waals surface area contributed by atoms with E-state index < -0.39 is 0 Å². The lowest BCUT2D eigenvalue weighted by Gasteiger charge is -2.28. The molecule has 1 saturated heterocycles. The molecule has 1 fully saturated rings. The van der Waals surface area contributed by atoms with Gasteiger partial charge in [-0.15, -0.1) is 0 Å². The second-order valence-corrected chi connectivity index (χ2v) is 11.4. The predicted octanol–water partition coefficient (Wildman–Crippen LogP) is 6.49. The maximum Gasteiger partial charge on any atom is 0.416 e. The summed E-state index contributed by atoms with van der Waals surface area (Å²) >= 11 is 0. The maximum atomic E-state index is 13.9. The van der Waals surface area contributed by atoms with Crippen LogP contribution in [0.1, 0.15) is 48.9 Å². The van der Waals surface area contributed by atoms with Crippen molar-refractivity contribution < 1.29 is 18.7 Å². The average Bonchev–Trinajstić information content (AvgIpc) is 3.72. The fraction of sp³-hybridized carbons (Fsp3) is 0.361. The van der Waals surface area contributed by atoms with Crippen molar-refractivity contribution in [2.45, 2.75) is 39.0 Å². The second kappa shape index (κ2) is 15.0. The molecule has 1 aliphatic rings. The first-order valence-corrected chi connectivity index (χ1v) is 16.0. The summed E-state index contributed by atoms with van der Waals surface area (Å²) in [5.41, 5.74) is 4.97. The zero-order chi connectivity index (χ0) is 30.8. The van der Waals surface area contributed by atoms with E-state index in [-0.39, 0.29) is 6.09 Å². The van der Waals surface area contributed by atoms with E-state index >= 15 is 0 Å². The highest BCUT2D eigenvalue weighted by Crippen LogP contribution is 2.30. The summed E-state index contributed by atoms with van der Waals surface area (Å²) in [5, 5.41) is 0. The van der Waals surface area contributed by atoms with Crippen LogP contribution in [0.25, 0.3) is 16.9 Å². The molecule has 0 spiro atoms. The third-order valence-electron chi connectivity index (χ3n) is 8.14. The normalized spacial score (nSPS) is 13.7. The Kier molecular flexibility index (Phi) is 10.2. The van der Waals surface area contributed by atoms with E-state index in [9.17, 15) is 4.79 Å². The van der Waals surface area contributed by atoms with Crippen LogP contribution >= 0.6 is 0 Å². The fourth-order valence-corrected chi connectivity index (χ4v) is 5.69. The topological polar surface area (TPSA) is 85.3 Å². The van der Waals surface area contributed by atoms with Crippen molar-refractivity contribution in [2.75, 3.05) is 45.9 Å². The monoisotopic (exact) mass is 607 g/mol. The van der Waals surface area contributed by atoms with Crippen molar-refractivity contribution in [2.24, 2.45) is 0 Å². The summed E-state index contributed by atoms with van der Waals surface area (Å²) in [6.45, 7) is 7.71. The molecule has 0 saturated carbocycles. The van der Waals surface area contributed by atoms with Gasteiger partial charge in [0.05, 0.1) is 37.3 Å². The number of ether oxygens (including phenoxy) is 2. The van der Waals surface area contributed by atoms with Gasteiger partial charge in [-0.1, -0.05) is 74.0 Å². The first-order chi connectivity index (χ1) is 22.2. The summed E-state index contributed by atoms with van der Waals surface area (Å²) in [5.74, 6) is 1.14. The van der Waals surface area contributed by atoms with Gasteiger partial charge in [0.1, 0.15) is 11.5 Å². The van der Waals surface area contributed by atoms with Crippen molar-refractivity contribution >= 4 is 11.7 Å². The predicted molar refractivity (Wildman–Crippen MR) is 174 cm³/mol. The van der Waals surface area contributed by atoms with Crippen LogP contribution in [-0.2, 0) is 17.6 Å². The Morgan fingerprint density at radius 3 is 2.38 bits per heavy atom. The Morgan fingerprint density at radius 1 is 0.889 bits per heavy atom. The van der Waals surface area contributed by atoms with Crippen molar-refractivity contribution in [1.82, 2.24) is 24.2 Å². The Bertz CT molecular complexity index is 1650. The number of furan rings is 1. The number of unbranched alkanes of at least 4 members (excludes halogenated alkanes) is 1. The first-order valence-electron chi connectivity index (χ1n) is 16.0. The van der Waals surface area contributed by atoms with Crippen LogP contribution in [0.15, 0.2) is 89.7 Å². The third kappa shape index (κ3) is 7.79. The summed E-state index contributed by atoms with van der Waals surface area (Å²) in [4.78, 5) is 28.3. The lowest BCUT2D eigenvalue weighted by atomic mass is 10.1. The lowest BCUT2D eigenvalue weighted by Crippen LogP contribution is -2.40. The molecule has 3 aromatic heterocycles. The number of carbonyl (C=O) groups is 1. The molecule has 2 aromatic carbocycles. The third-order valence-corrected chi connectivity index (χ3v) is 8.14. The number of morpholine rings is 1. The van der Waals surface area contributed by atoms with Gasteiger partial charge in [0.15, 0.2) is 5.65 Å². The Morgan fingerprint density at radius 2 is 1.64 bits per heavy atom. The first kappa shape index (κ1) is 30.6. The molecule has 5 aromatic rings. The van der Waals surface area contributed by atoms with Crippen LogP contribution in [0, 0.1) is 0 Å². The number of amides is 1. The molecule has 0 N–H and O–H groups in total. The fourth-order valence-electron chi connectivity index (χ4n) is 5.69. The molecule has 0 radical (unpaired) electrons. The van der Waals surface area contributed by atoms with Crippen molar-refractivity contribution in [3.63, 3.8) is 0 Å². The summed E-state index contributed by atoms with van der Waals surface area (Å²) in [6, 6.07) is 24.1. The molecule has 9 nitrogen and oxygen atoms in total. The summed E-state index contributed by atoms with van der Waals surface area (Å²) in [7, 11) is 0. The number of hydrogen-bond donors (Lipinski definition) is 0. The Hall–Kier alpha value is -4.47. The number of rotatable bonds is 13. The van der Waals surface area contributed by atoms with Crippen LogP contribution in [0.5, 0.6) is 5.88 Å². The number of benzene rings is 2. The minimum absolute atomic E-state index is 0.365. The number of nitrogens with zero attached hydrogens (tertiary/aromatic N) is 5. The van der Waals surface area contributed by atoms with Crippen LogP contribution in [-0.4, -0.2) is 76.2 Å². The standard InChI is InChI=1S/C36H41N5O4/c1-2-3-18-40(19-11-17-39-20-23-43-24-21-39)36(42)45-35-32(26-30-16-10-22-44-30)38-34-31(25-28-12-6-4-7-13-28)37-33(27-41(34)35)29-14-8-5-9-15-29/h4-10,12-16,22,27H,2-3,11,17-21,23-26H2,1H3. The molecule has 0 unspecified atom stereocenters. The number of imidazole rings is 1. The highest BCUT2D eigenvalue weighted by molar-refractivity contribution is 5.72. The molecule has 0 atom stereocenters. The van der Waals surface area contributed by atoms with Crippen molar-refractivity contribution in [3.05, 3.63) is 108 Å². The van der Waals surface area contributed by atoms with Crippen molar-refractivity contribution in [1.29, 1.82) is 0 Å². The minimum atomic E-state index is -0.365. The summed E-state index contributed by atoms with van der Waals surface area (Å²) in [6.07, 6.45) is 6.94. The van der Waals surface area contributed by atoms with Crippen LogP contribution in [0.3, 0.4) is 0 Å². The van der Waals surface area contributed by atoms with Gasteiger partial charge in [-0.05, 0) is 30.5 Å². The van der Waals surface area contributed by atoms with Gasteiger partial charge in [-0.25, -0.2) is 14.8 Å². The van der Waals surface area contributed by atoms with Gasteiger partial charge in [0.2, 0.25) is 5.88 Å². The molecule has 6 rings (SSSR count). The van der Waals surface area contributed by atoms with Crippen LogP contribution < -0.4 is 4.74 Å². The zero-order valence-electron chi connectivity index (χ0n) is 25.9. The number of hydrogen-bond acceptors (Lipinski definition) is 7. The Labute approximate surface area is 264 Å². The maximum absolute atomic E-state index is 13.9. The SMILES string of the molecule is CCCCN(CCCN1CCOCC1)C(=O)Oc1c(Cc2ccco2)nc2c(Cc3ccccc3)nc(-c3ccccc3)cn12. The quantitative estimate of drug-likeness (QED) is 0.151. The second-order valence-electron chi connectivity index (χ2n) is 11.4. The van der Waals surface area contributed by atoms with Gasteiger partial charge in [0.25, 0.3) is 0 Å². The lowest BCUT2D eigenvalue weighted by molar-refractivity contribution is 0.0361. The molecule has 9 heteroatoms.